The number of hydrogen-bond donors (Lipinski definition) is 1. The van der Waals surface area contributed by atoms with Crippen molar-refractivity contribution in [1.82, 2.24) is 14.2 Å². The maximum atomic E-state index is 4.26. The van der Waals surface area contributed by atoms with Crippen LogP contribution >= 0.6 is 11.9 Å². The molecule has 1 N–H and O–H groups in total. The Labute approximate surface area is 165 Å². The molecule has 0 bridgehead atoms. The van der Waals surface area contributed by atoms with Crippen LogP contribution in [-0.4, -0.2) is 40.4 Å². The van der Waals surface area contributed by atoms with Crippen LogP contribution in [0.2, 0.25) is 0 Å². The fraction of sp³-hybridized carbons (Fsp3) is 0.217. The number of rotatable bonds is 4. The van der Waals surface area contributed by atoms with E-state index >= 15 is 0 Å². The Hall–Kier alpha value is -2.43. The highest BCUT2D eigenvalue weighted by molar-refractivity contribution is 7.97. The Morgan fingerprint density at radius 2 is 1.56 bits per heavy atom. The Balaban J connectivity index is 1.48. The van der Waals surface area contributed by atoms with Crippen LogP contribution < -0.4 is 10.6 Å². The lowest BCUT2D eigenvalue weighted by atomic mass is 10.2. The maximum Gasteiger partial charge on any atom is 0.0644 e. The molecule has 1 fully saturated rings. The van der Waals surface area contributed by atoms with Gasteiger partial charge in [-0.25, -0.2) is 4.31 Å². The fourth-order valence-electron chi connectivity index (χ4n) is 3.50. The van der Waals surface area contributed by atoms with Gasteiger partial charge in [-0.2, -0.15) is 0 Å². The average Bonchev–Trinajstić information content (AvgIpc) is 3.11. The van der Waals surface area contributed by atoms with E-state index < -0.39 is 0 Å². The average molecular weight is 376 g/mol. The third-order valence-electron chi connectivity index (χ3n) is 5.04. The SMILES string of the molecule is C=c1cc(-c2ccccc2)[nH]/c1=C(/C)N1CCN(Sc2ccccc2)CC1. The first-order chi connectivity index (χ1) is 13.2. The number of benzene rings is 2. The summed E-state index contributed by atoms with van der Waals surface area (Å²) in [7, 11) is 0. The van der Waals surface area contributed by atoms with Crippen LogP contribution in [0, 0.1) is 0 Å². The van der Waals surface area contributed by atoms with E-state index in [0.717, 1.165) is 42.4 Å². The minimum absolute atomic E-state index is 1.03. The zero-order chi connectivity index (χ0) is 18.6. The topological polar surface area (TPSA) is 22.3 Å². The lowest BCUT2D eigenvalue weighted by Crippen LogP contribution is -2.44. The molecule has 138 valence electrons. The van der Waals surface area contributed by atoms with E-state index in [1.54, 1.807) is 0 Å². The molecule has 1 aliphatic rings. The van der Waals surface area contributed by atoms with Crippen LogP contribution in [0.15, 0.2) is 71.6 Å². The van der Waals surface area contributed by atoms with E-state index in [1.165, 1.54) is 16.2 Å². The lowest BCUT2D eigenvalue weighted by Gasteiger charge is -2.35. The maximum absolute atomic E-state index is 4.26. The van der Waals surface area contributed by atoms with E-state index in [-0.39, 0.29) is 0 Å². The van der Waals surface area contributed by atoms with Gasteiger partial charge in [0.05, 0.1) is 5.35 Å². The van der Waals surface area contributed by atoms with Gasteiger partial charge in [0.25, 0.3) is 0 Å². The predicted molar refractivity (Wildman–Crippen MR) is 116 cm³/mol. The van der Waals surface area contributed by atoms with Gasteiger partial charge < -0.3 is 9.88 Å². The van der Waals surface area contributed by atoms with Crippen molar-refractivity contribution in [3.63, 3.8) is 0 Å². The molecule has 0 spiro atoms. The van der Waals surface area contributed by atoms with Gasteiger partial charge in [-0.15, -0.1) is 0 Å². The molecule has 3 aromatic rings. The number of aromatic nitrogens is 1. The quantitative estimate of drug-likeness (QED) is 0.705. The zero-order valence-electron chi connectivity index (χ0n) is 15.7. The molecule has 1 aliphatic heterocycles. The Kier molecular flexibility index (Phi) is 5.37. The standard InChI is InChI=1S/C23H25N3S/c1-18-17-22(20-9-5-3-6-10-20)24-23(18)19(2)25-13-15-26(16-14-25)27-21-11-7-4-8-12-21/h3-12,17,24H,1,13-16H2,2H3/b23-19-. The molecular weight excluding hydrogens is 350 g/mol. The van der Waals surface area contributed by atoms with Gasteiger partial charge in [-0.1, -0.05) is 55.1 Å². The van der Waals surface area contributed by atoms with Gasteiger partial charge in [-0.05, 0) is 47.9 Å². The molecule has 1 aromatic heterocycles. The molecule has 2 heterocycles. The highest BCUT2D eigenvalue weighted by Crippen LogP contribution is 2.24. The van der Waals surface area contributed by atoms with Crippen LogP contribution in [0.4, 0.5) is 0 Å². The molecule has 0 amide bonds. The smallest absolute Gasteiger partial charge is 0.0644 e. The first-order valence-corrected chi connectivity index (χ1v) is 10.2. The number of aromatic amines is 1. The molecule has 2 aromatic carbocycles. The normalized spacial score (nSPS) is 16.4. The minimum Gasteiger partial charge on any atom is -0.371 e. The highest BCUT2D eigenvalue weighted by atomic mass is 32.2. The second-order valence-corrected chi connectivity index (χ2v) is 8.03. The van der Waals surface area contributed by atoms with Crippen LogP contribution in [0.1, 0.15) is 6.92 Å². The van der Waals surface area contributed by atoms with Crippen molar-refractivity contribution in [1.29, 1.82) is 0 Å². The largest absolute Gasteiger partial charge is 0.371 e. The lowest BCUT2D eigenvalue weighted by molar-refractivity contribution is 0.267. The molecule has 0 radical (unpaired) electrons. The minimum atomic E-state index is 1.03. The van der Waals surface area contributed by atoms with E-state index in [4.69, 9.17) is 0 Å². The summed E-state index contributed by atoms with van der Waals surface area (Å²) in [6.07, 6.45) is 0. The summed E-state index contributed by atoms with van der Waals surface area (Å²) >= 11 is 1.86. The molecule has 1 saturated heterocycles. The molecule has 3 nitrogen and oxygen atoms in total. The number of nitrogens with zero attached hydrogens (tertiary/aromatic N) is 2. The molecule has 27 heavy (non-hydrogen) atoms. The third-order valence-corrected chi connectivity index (χ3v) is 6.14. The summed E-state index contributed by atoms with van der Waals surface area (Å²) in [6.45, 7) is 10.6. The van der Waals surface area contributed by atoms with Gasteiger partial charge in [0.2, 0.25) is 0 Å². The van der Waals surface area contributed by atoms with Crippen molar-refractivity contribution in [2.45, 2.75) is 11.8 Å². The second kappa shape index (κ2) is 8.07. The zero-order valence-corrected chi connectivity index (χ0v) is 16.5. The Morgan fingerprint density at radius 1 is 0.926 bits per heavy atom. The van der Waals surface area contributed by atoms with E-state index in [1.807, 2.05) is 18.0 Å². The van der Waals surface area contributed by atoms with Crippen LogP contribution in [0.5, 0.6) is 0 Å². The molecule has 0 unspecified atom stereocenters. The van der Waals surface area contributed by atoms with Crippen LogP contribution in [0.3, 0.4) is 0 Å². The van der Waals surface area contributed by atoms with Crippen molar-refractivity contribution >= 4 is 24.2 Å². The van der Waals surface area contributed by atoms with Crippen molar-refractivity contribution in [2.24, 2.45) is 0 Å². The number of nitrogens with one attached hydrogen (secondary N) is 1. The number of piperazine rings is 1. The second-order valence-electron chi connectivity index (χ2n) is 6.86. The molecule has 0 aliphatic carbocycles. The summed E-state index contributed by atoms with van der Waals surface area (Å²) < 4.78 is 2.45. The molecular formula is C23H25N3S. The molecule has 0 saturated carbocycles. The molecule has 4 rings (SSSR count). The van der Waals surface area contributed by atoms with Crippen molar-refractivity contribution in [3.05, 3.63) is 77.3 Å². The summed E-state index contributed by atoms with van der Waals surface area (Å²) in [6, 6.07) is 23.2. The summed E-state index contributed by atoms with van der Waals surface area (Å²) in [5, 5.41) is 2.21. The summed E-state index contributed by atoms with van der Waals surface area (Å²) in [5.74, 6) is 0. The van der Waals surface area contributed by atoms with Crippen molar-refractivity contribution in [3.8, 4) is 11.3 Å². The Bertz CT molecular complexity index is 987. The number of H-pyrrole nitrogens is 1. The number of hydrogen-bond acceptors (Lipinski definition) is 3. The Morgan fingerprint density at radius 3 is 2.22 bits per heavy atom. The first-order valence-electron chi connectivity index (χ1n) is 9.38. The molecule has 4 heteroatoms. The fourth-order valence-corrected chi connectivity index (χ4v) is 4.42. The summed E-state index contributed by atoms with van der Waals surface area (Å²) in [4.78, 5) is 7.36. The van der Waals surface area contributed by atoms with E-state index in [0.29, 0.717) is 0 Å². The highest BCUT2D eigenvalue weighted by Gasteiger charge is 2.18. The van der Waals surface area contributed by atoms with Gasteiger partial charge in [0.15, 0.2) is 0 Å². The third kappa shape index (κ3) is 4.12. The van der Waals surface area contributed by atoms with E-state index in [2.05, 4.69) is 88.4 Å². The van der Waals surface area contributed by atoms with Crippen molar-refractivity contribution < 1.29 is 0 Å². The van der Waals surface area contributed by atoms with Gasteiger partial charge >= 0.3 is 0 Å². The molecule has 0 atom stereocenters. The van der Waals surface area contributed by atoms with Gasteiger partial charge in [0.1, 0.15) is 0 Å². The van der Waals surface area contributed by atoms with Gasteiger partial charge in [-0.3, -0.25) is 0 Å². The monoisotopic (exact) mass is 375 g/mol. The predicted octanol–water partition coefficient (Wildman–Crippen LogP) is 3.55. The summed E-state index contributed by atoms with van der Waals surface area (Å²) in [5.41, 5.74) is 3.62. The van der Waals surface area contributed by atoms with Gasteiger partial charge in [0, 0.05) is 42.5 Å². The van der Waals surface area contributed by atoms with Crippen molar-refractivity contribution in [2.75, 3.05) is 26.2 Å². The van der Waals surface area contributed by atoms with E-state index in [9.17, 15) is 0 Å². The van der Waals surface area contributed by atoms with Crippen LogP contribution in [-0.2, 0) is 0 Å². The first kappa shape index (κ1) is 18.0. The van der Waals surface area contributed by atoms with Crippen LogP contribution in [0.25, 0.3) is 23.5 Å².